The minimum Gasteiger partial charge on any atom is -0.442 e. The first-order valence-corrected chi connectivity index (χ1v) is 47.6. The number of anilines is 4. The predicted octanol–water partition coefficient (Wildman–Crippen LogP) is 23.4. The largest absolute Gasteiger partial charge is 0.494 e. The van der Waals surface area contributed by atoms with Gasteiger partial charge in [0.15, 0.2) is 5.82 Å². The highest BCUT2D eigenvalue weighted by Crippen LogP contribution is 2.44. The molecule has 36 heteroatoms. The molecule has 0 aliphatic carbocycles. The van der Waals surface area contributed by atoms with Crippen LogP contribution in [-0.2, 0) is 60.9 Å². The van der Waals surface area contributed by atoms with Gasteiger partial charge in [0.2, 0.25) is 5.28 Å². The average Bonchev–Trinajstić information content (AvgIpc) is 1.46. The molecule has 0 radical (unpaired) electrons. The van der Waals surface area contributed by atoms with Gasteiger partial charge in [0, 0.05) is 177 Å². The number of carbonyl (C=O) groups is 1. The van der Waals surface area contributed by atoms with E-state index in [1.54, 1.807) is 62.0 Å². The first-order valence-electron chi connectivity index (χ1n) is 44.8. The topological polar surface area (TPSA) is 293 Å². The van der Waals surface area contributed by atoms with E-state index in [2.05, 4.69) is 309 Å². The zero-order chi connectivity index (χ0) is 98.0. The molecule has 29 nitrogen and oxygen atoms in total. The van der Waals surface area contributed by atoms with Crippen LogP contribution in [0.5, 0.6) is 0 Å². The van der Waals surface area contributed by atoms with Crippen LogP contribution in [0.3, 0.4) is 0 Å². The number of nitrogens with zero attached hydrogens (tertiary/aromatic N) is 17. The van der Waals surface area contributed by atoms with Gasteiger partial charge in [-0.2, -0.15) is 14.9 Å². The molecule has 12 aromatic heterocycles. The number of fused-ring (bicyclic) bond motifs is 5. The van der Waals surface area contributed by atoms with E-state index in [0.717, 1.165) is 97.8 Å². The van der Waals surface area contributed by atoms with Gasteiger partial charge in [-0.25, -0.2) is 39.7 Å². The zero-order valence-corrected chi connectivity index (χ0v) is 85.8. The van der Waals surface area contributed by atoms with Crippen molar-refractivity contribution in [2.75, 3.05) is 10.6 Å². The molecule has 3 saturated heterocycles. The molecular formula is C102H108B3Br3ClN21O8. The van der Waals surface area contributed by atoms with Gasteiger partial charge in [-0.1, -0.05) is 115 Å². The SMILES string of the molecule is Brc1ccc2cc[nH]c2c1.CC(C)(C)OC(=O)n1cc(-c2ccc(Nc3ccnc(Cl)n3)cc2)cn1.CC1(C)OB(B2OC(C)(C)C(C)(C)O2)OC1(C)C.Cn1c(-n2ccnc2)cc2ccc(-c3nccc(Nc4ccc(-c5cn[nH]c5)cc4)n3)cc21.Cn1c(-n2ccnc2)cc2ccc(B3OC(C)(C)C(C)(C)O3)cc21.Cn1c(-n2ccnc2)cc2ccc(Br)cc21.Cn1ccc2ccc(Br)cc21. The lowest BCUT2D eigenvalue weighted by Crippen LogP contribution is -2.41. The van der Waals surface area contributed by atoms with E-state index < -0.39 is 25.7 Å². The monoisotopic (exact) mass is 2060 g/mol. The molecule has 4 N–H and O–H groups in total. The van der Waals surface area contributed by atoms with Crippen molar-refractivity contribution in [2.45, 2.75) is 143 Å². The van der Waals surface area contributed by atoms with Gasteiger partial charge in [-0.05, 0) is 258 Å². The summed E-state index contributed by atoms with van der Waals surface area (Å²) in [6.07, 6.45) is 30.4. The molecule has 22 rings (SSSR count). The number of ether oxygens (including phenoxy) is 1. The molecule has 15 heterocycles. The Bertz CT molecular complexity index is 7350. The minimum atomic E-state index is -0.569. The van der Waals surface area contributed by atoms with E-state index in [0.29, 0.717) is 11.6 Å². The molecular weight excluding hydrogens is 1950 g/mol. The number of rotatable bonds is 12. The van der Waals surface area contributed by atoms with E-state index in [4.69, 9.17) is 49.2 Å². The fraction of sp³-hybridized carbons (Fsp3) is 0.255. The maximum atomic E-state index is 12.0. The van der Waals surface area contributed by atoms with Crippen LogP contribution in [0.15, 0.2) is 301 Å². The average molecular weight is 2060 g/mol. The summed E-state index contributed by atoms with van der Waals surface area (Å²) in [5.74, 6) is 5.26. The van der Waals surface area contributed by atoms with Crippen LogP contribution in [0.1, 0.15) is 104 Å². The van der Waals surface area contributed by atoms with Crippen molar-refractivity contribution in [1.82, 2.24) is 91.8 Å². The third-order valence-corrected chi connectivity index (χ3v) is 26.9. The van der Waals surface area contributed by atoms with Crippen LogP contribution in [0.2, 0.25) is 5.28 Å². The van der Waals surface area contributed by atoms with Gasteiger partial charge >= 0.3 is 27.2 Å². The molecule has 0 bridgehead atoms. The second-order valence-electron chi connectivity index (χ2n) is 37.6. The summed E-state index contributed by atoms with van der Waals surface area (Å²) in [5, 5.41) is 23.7. The Morgan fingerprint density at radius 3 is 1.39 bits per heavy atom. The molecule has 19 aromatic rings. The molecule has 3 fully saturated rings. The van der Waals surface area contributed by atoms with E-state index in [-0.39, 0.29) is 46.0 Å². The standard InChI is InChI=1S/C25H20N8.C18H22BN3O2.C18H18ClN5O2.C12H24B2O4.C12H10BrN3.C9H8BrN.C8H6BrN/c1-32-22-12-19(3-2-18(22)13-24(32)33-11-10-26-16-33)25-27-9-8-23(31-25)30-21-6-4-17(5-7-21)20-14-28-29-15-20;1-17(2)18(3,4)24-19(23-17)14-7-6-13-10-16(21(5)15(13)11-14)22-9-8-20-12-22;1-18(2,3)26-17(25)24-11-13(10-21-24)12-4-6-14(7-5-12)22-15-8-9-20-16(19)23-15;1-9(2)10(3,4)16-13(15-9)14-17-11(5,6)12(7,8)18-14;1-15-11-7-10(13)3-2-9(11)6-12(15)16-5-4-14-8-16;1-11-5-4-7-2-3-8(10)6-9(7)11;9-7-2-1-6-3-4-10-8(6)5-7/h2-16H,1H3,(H,28,29)(H,27,30,31);6-12H,1-5H3;4-11H,1-3H3,(H,20,22,23);1-8H3;2-8H,1H3;2-6H,1H3;1-5,10H. The first-order chi connectivity index (χ1) is 65.6. The van der Waals surface area contributed by atoms with Crippen LogP contribution < -0.4 is 16.1 Å². The number of aryl methyl sites for hydroxylation is 4. The van der Waals surface area contributed by atoms with Crippen LogP contribution in [0.25, 0.3) is 106 Å². The maximum Gasteiger partial charge on any atom is 0.494 e. The molecule has 7 aromatic carbocycles. The Hall–Kier alpha value is -12.8. The summed E-state index contributed by atoms with van der Waals surface area (Å²) in [6.45, 7) is 29.9. The van der Waals surface area contributed by atoms with Crippen LogP contribution in [-0.4, -0.2) is 158 Å². The van der Waals surface area contributed by atoms with Gasteiger partial charge in [-0.3, -0.25) is 18.8 Å². The molecule has 0 saturated carbocycles. The second kappa shape index (κ2) is 40.3. The highest BCUT2D eigenvalue weighted by molar-refractivity contribution is 9.11. The van der Waals surface area contributed by atoms with Crippen LogP contribution >= 0.6 is 59.4 Å². The molecule has 0 spiro atoms. The van der Waals surface area contributed by atoms with Gasteiger partial charge in [0.1, 0.15) is 53.7 Å². The number of halogens is 4. The fourth-order valence-corrected chi connectivity index (χ4v) is 16.6. The van der Waals surface area contributed by atoms with Crippen molar-refractivity contribution < 1.29 is 37.5 Å². The number of aromatic nitrogens is 19. The number of carbonyl (C=O) groups excluding carboxylic acids is 1. The van der Waals surface area contributed by atoms with Crippen molar-refractivity contribution in [3.63, 3.8) is 0 Å². The summed E-state index contributed by atoms with van der Waals surface area (Å²) in [4.78, 5) is 44.7. The third-order valence-electron chi connectivity index (χ3n) is 25.2. The highest BCUT2D eigenvalue weighted by Gasteiger charge is 2.64. The summed E-state index contributed by atoms with van der Waals surface area (Å²) < 4.78 is 60.6. The Labute approximate surface area is 832 Å². The number of aromatic amines is 2. The van der Waals surface area contributed by atoms with Gasteiger partial charge in [0.25, 0.3) is 0 Å². The number of imidazole rings is 3. The van der Waals surface area contributed by atoms with E-state index in [9.17, 15) is 4.79 Å². The lowest BCUT2D eigenvalue weighted by molar-refractivity contribution is 0.00578. The summed E-state index contributed by atoms with van der Waals surface area (Å²) in [7, 11) is 6.93. The summed E-state index contributed by atoms with van der Waals surface area (Å²) >= 11 is 16.1. The quantitative estimate of drug-likeness (QED) is 0.0653. The fourth-order valence-electron chi connectivity index (χ4n) is 15.4. The number of hydrogen-bond acceptors (Lipinski definition) is 19. The smallest absolute Gasteiger partial charge is 0.442 e. The van der Waals surface area contributed by atoms with Gasteiger partial charge in [0.05, 0.1) is 57.0 Å². The molecule has 3 aliphatic rings. The Balaban J connectivity index is 0.000000120. The van der Waals surface area contributed by atoms with Gasteiger partial charge in [-0.15, -0.1) is 0 Å². The van der Waals surface area contributed by atoms with Crippen molar-refractivity contribution in [2.24, 2.45) is 28.2 Å². The third kappa shape index (κ3) is 22.5. The molecule has 0 atom stereocenters. The summed E-state index contributed by atoms with van der Waals surface area (Å²) in [6, 6.07) is 61.4. The van der Waals surface area contributed by atoms with E-state index >= 15 is 0 Å². The minimum absolute atomic E-state index is 0.182. The van der Waals surface area contributed by atoms with E-state index in [1.165, 1.54) is 42.8 Å². The number of H-pyrrole nitrogens is 2. The molecule has 0 unspecified atom stereocenters. The van der Waals surface area contributed by atoms with Crippen molar-refractivity contribution >= 4 is 170 Å². The number of hydrogen-bond donors (Lipinski definition) is 4. The number of nitrogens with one attached hydrogen (secondary N) is 4. The van der Waals surface area contributed by atoms with E-state index in [1.807, 2.05) is 189 Å². The lowest BCUT2D eigenvalue weighted by Gasteiger charge is -2.32. The second-order valence-corrected chi connectivity index (χ2v) is 40.7. The van der Waals surface area contributed by atoms with Crippen molar-refractivity contribution in [3.05, 3.63) is 306 Å². The first kappa shape index (κ1) is 98.3. The Morgan fingerprint density at radius 2 is 0.891 bits per heavy atom. The van der Waals surface area contributed by atoms with Crippen molar-refractivity contribution in [3.8, 4) is 51.1 Å². The highest BCUT2D eigenvalue weighted by atomic mass is 79.9. The normalized spacial score (nSPS) is 15.2. The lowest BCUT2D eigenvalue weighted by atomic mass is 9.49. The van der Waals surface area contributed by atoms with Gasteiger partial charge < -0.3 is 66.5 Å². The zero-order valence-electron chi connectivity index (χ0n) is 80.2. The summed E-state index contributed by atoms with van der Waals surface area (Å²) in [5.41, 5.74) is 10.9. The van der Waals surface area contributed by atoms with Crippen LogP contribution in [0.4, 0.5) is 27.8 Å². The molecule has 706 valence electrons. The number of benzene rings is 7. The molecule has 138 heavy (non-hydrogen) atoms. The van der Waals surface area contributed by atoms with Crippen LogP contribution in [0, 0.1) is 0 Å². The predicted molar refractivity (Wildman–Crippen MR) is 560 cm³/mol. The molecule has 3 aliphatic heterocycles. The van der Waals surface area contributed by atoms with Crippen molar-refractivity contribution in [1.29, 1.82) is 0 Å². The Kier molecular flexibility index (Phi) is 28.7. The maximum absolute atomic E-state index is 12.0. The Morgan fingerprint density at radius 1 is 0.442 bits per heavy atom. The molecule has 0 amide bonds.